The number of carbonyl (C=O) groups excluding carboxylic acids is 2. The molecule has 0 saturated carbocycles. The number of thiocarbonyl (C=S) groups is 1. The van der Waals surface area contributed by atoms with Crippen LogP contribution in [0.4, 0.5) is 10.1 Å². The molecule has 0 aliphatic carbocycles. The first-order valence-electron chi connectivity index (χ1n) is 7.08. The van der Waals surface area contributed by atoms with Gasteiger partial charge in [0.2, 0.25) is 0 Å². The van der Waals surface area contributed by atoms with E-state index in [1.807, 2.05) is 4.90 Å². The lowest BCUT2D eigenvalue weighted by molar-refractivity contribution is -0.122. The van der Waals surface area contributed by atoms with Crippen LogP contribution in [0.5, 0.6) is 0 Å². The molecular formula is C15H13ClFN3O2S. The van der Waals surface area contributed by atoms with Gasteiger partial charge in [0, 0.05) is 19.3 Å². The molecule has 120 valence electrons. The molecule has 1 N–H and O–H groups in total. The van der Waals surface area contributed by atoms with Crippen LogP contribution in [0, 0.1) is 5.82 Å². The van der Waals surface area contributed by atoms with Crippen molar-refractivity contribution in [2.75, 3.05) is 18.0 Å². The number of hydrogen-bond donors (Lipinski definition) is 1. The van der Waals surface area contributed by atoms with Gasteiger partial charge in [0.15, 0.2) is 5.11 Å². The minimum absolute atomic E-state index is 0.000877. The summed E-state index contributed by atoms with van der Waals surface area (Å²) in [5.41, 5.74) is 0.305. The van der Waals surface area contributed by atoms with E-state index in [0.717, 1.165) is 36.9 Å². The van der Waals surface area contributed by atoms with E-state index in [1.54, 1.807) is 6.20 Å². The predicted octanol–water partition coefficient (Wildman–Crippen LogP) is 2.21. The maximum absolute atomic E-state index is 13.3. The second-order valence-electron chi connectivity index (χ2n) is 5.28. The van der Waals surface area contributed by atoms with E-state index in [1.165, 1.54) is 12.1 Å². The highest BCUT2D eigenvalue weighted by atomic mass is 35.5. The summed E-state index contributed by atoms with van der Waals surface area (Å²) in [6.07, 6.45) is 3.61. The van der Waals surface area contributed by atoms with E-state index >= 15 is 0 Å². The molecule has 2 saturated heterocycles. The molecule has 0 radical (unpaired) electrons. The van der Waals surface area contributed by atoms with Gasteiger partial charge < -0.3 is 4.90 Å². The van der Waals surface area contributed by atoms with Crippen molar-refractivity contribution < 1.29 is 14.0 Å². The highest BCUT2D eigenvalue weighted by Gasteiger charge is 2.35. The van der Waals surface area contributed by atoms with E-state index < -0.39 is 17.6 Å². The quantitative estimate of drug-likeness (QED) is 0.503. The third-order valence-corrected chi connectivity index (χ3v) is 4.29. The molecule has 2 aliphatic rings. The average molecular weight is 354 g/mol. The zero-order chi connectivity index (χ0) is 16.6. The number of likely N-dealkylation sites (tertiary alicyclic amines) is 1. The molecule has 23 heavy (non-hydrogen) atoms. The van der Waals surface area contributed by atoms with E-state index in [-0.39, 0.29) is 15.7 Å². The van der Waals surface area contributed by atoms with Crippen LogP contribution < -0.4 is 10.2 Å². The minimum Gasteiger partial charge on any atom is -0.377 e. The van der Waals surface area contributed by atoms with Crippen molar-refractivity contribution in [1.29, 1.82) is 0 Å². The largest absolute Gasteiger partial charge is 0.377 e. The van der Waals surface area contributed by atoms with Crippen molar-refractivity contribution in [1.82, 2.24) is 10.2 Å². The van der Waals surface area contributed by atoms with E-state index in [9.17, 15) is 14.0 Å². The topological polar surface area (TPSA) is 52.7 Å². The molecule has 1 aromatic rings. The summed E-state index contributed by atoms with van der Waals surface area (Å²) >= 11 is 10.8. The maximum atomic E-state index is 13.3. The summed E-state index contributed by atoms with van der Waals surface area (Å²) in [6, 6.07) is 3.83. The lowest BCUT2D eigenvalue weighted by Gasteiger charge is -2.29. The number of anilines is 1. The van der Waals surface area contributed by atoms with Crippen molar-refractivity contribution in [3.8, 4) is 0 Å². The number of halogens is 2. The number of benzene rings is 1. The van der Waals surface area contributed by atoms with Gasteiger partial charge in [-0.15, -0.1) is 0 Å². The number of carbonyl (C=O) groups is 2. The first-order valence-corrected chi connectivity index (χ1v) is 7.86. The van der Waals surface area contributed by atoms with Gasteiger partial charge in [-0.3, -0.25) is 19.8 Å². The normalized spacial score (nSPS) is 20.4. The smallest absolute Gasteiger partial charge is 0.271 e. The molecule has 2 amide bonds. The fourth-order valence-corrected chi connectivity index (χ4v) is 3.01. The lowest BCUT2D eigenvalue weighted by Crippen LogP contribution is -2.54. The van der Waals surface area contributed by atoms with E-state index in [4.69, 9.17) is 23.8 Å². The summed E-state index contributed by atoms with van der Waals surface area (Å²) in [6.45, 7) is 1.60. The number of nitrogens with one attached hydrogen (secondary N) is 1. The van der Waals surface area contributed by atoms with Gasteiger partial charge in [0.25, 0.3) is 11.8 Å². The van der Waals surface area contributed by atoms with E-state index in [0.29, 0.717) is 5.69 Å². The summed E-state index contributed by atoms with van der Waals surface area (Å²) in [4.78, 5) is 27.8. The molecule has 2 fully saturated rings. The number of rotatable bonds is 2. The third kappa shape index (κ3) is 3.07. The van der Waals surface area contributed by atoms with Crippen LogP contribution >= 0.6 is 23.8 Å². The van der Waals surface area contributed by atoms with Crippen LogP contribution in [0.25, 0.3) is 0 Å². The molecular weight excluding hydrogens is 341 g/mol. The second kappa shape index (κ2) is 6.25. The summed E-state index contributed by atoms with van der Waals surface area (Å²) < 4.78 is 13.3. The fraction of sp³-hybridized carbons (Fsp3) is 0.267. The van der Waals surface area contributed by atoms with Crippen LogP contribution in [0.2, 0.25) is 5.02 Å². The van der Waals surface area contributed by atoms with E-state index in [2.05, 4.69) is 5.32 Å². The molecule has 2 heterocycles. The Bertz CT molecular complexity index is 731. The number of hydrogen-bond acceptors (Lipinski definition) is 4. The Morgan fingerprint density at radius 3 is 2.61 bits per heavy atom. The zero-order valence-corrected chi connectivity index (χ0v) is 13.6. The minimum atomic E-state index is -0.595. The Morgan fingerprint density at radius 2 is 1.96 bits per heavy atom. The van der Waals surface area contributed by atoms with Gasteiger partial charge in [-0.05, 0) is 43.3 Å². The Morgan fingerprint density at radius 1 is 1.26 bits per heavy atom. The Hall–Kier alpha value is -1.99. The Labute approximate surface area is 142 Å². The Balaban J connectivity index is 1.96. The first-order chi connectivity index (χ1) is 11.0. The van der Waals surface area contributed by atoms with Crippen molar-refractivity contribution in [2.45, 2.75) is 12.8 Å². The third-order valence-electron chi connectivity index (χ3n) is 3.72. The van der Waals surface area contributed by atoms with Gasteiger partial charge in [-0.25, -0.2) is 4.39 Å². The fourth-order valence-electron chi connectivity index (χ4n) is 2.56. The average Bonchev–Trinajstić information content (AvgIpc) is 3.00. The maximum Gasteiger partial charge on any atom is 0.271 e. The van der Waals surface area contributed by atoms with Crippen molar-refractivity contribution >= 4 is 46.4 Å². The van der Waals surface area contributed by atoms with Gasteiger partial charge in [-0.2, -0.15) is 0 Å². The summed E-state index contributed by atoms with van der Waals surface area (Å²) in [7, 11) is 0. The van der Waals surface area contributed by atoms with Crippen molar-refractivity contribution in [3.63, 3.8) is 0 Å². The van der Waals surface area contributed by atoms with Crippen LogP contribution in [0.15, 0.2) is 30.0 Å². The van der Waals surface area contributed by atoms with Crippen LogP contribution in [-0.2, 0) is 9.59 Å². The first kappa shape index (κ1) is 15.9. The Kier molecular flexibility index (Phi) is 4.32. The highest BCUT2D eigenvalue weighted by Crippen LogP contribution is 2.26. The monoisotopic (exact) mass is 353 g/mol. The second-order valence-corrected chi connectivity index (χ2v) is 6.08. The predicted molar refractivity (Wildman–Crippen MR) is 88.5 cm³/mol. The van der Waals surface area contributed by atoms with Crippen molar-refractivity contribution in [2.24, 2.45) is 0 Å². The molecule has 8 heteroatoms. The standard InChI is InChI=1S/C15H13ClFN3O2S/c16-11-7-9(3-4-12(11)17)20-14(22)10(13(21)18-15(20)23)8-19-5-1-2-6-19/h3-4,7-8H,1-2,5-6H2,(H,18,21,23)/b10-8-. The SMILES string of the molecule is O=C1NC(=S)N(c2ccc(F)c(Cl)c2)C(=O)/C1=C\N1CCCC1. The molecule has 2 aliphatic heterocycles. The number of nitrogens with zero attached hydrogens (tertiary/aromatic N) is 2. The molecule has 1 aromatic carbocycles. The van der Waals surface area contributed by atoms with Crippen molar-refractivity contribution in [3.05, 3.63) is 40.8 Å². The molecule has 0 bridgehead atoms. The molecule has 0 atom stereocenters. The molecule has 5 nitrogen and oxygen atoms in total. The van der Waals surface area contributed by atoms with Crippen LogP contribution in [0.3, 0.4) is 0 Å². The molecule has 0 unspecified atom stereocenters. The van der Waals surface area contributed by atoms with Gasteiger partial charge >= 0.3 is 0 Å². The van der Waals surface area contributed by atoms with Gasteiger partial charge in [0.1, 0.15) is 11.4 Å². The van der Waals surface area contributed by atoms with Crippen LogP contribution in [0.1, 0.15) is 12.8 Å². The lowest BCUT2D eigenvalue weighted by atomic mass is 10.1. The van der Waals surface area contributed by atoms with Crippen LogP contribution in [-0.4, -0.2) is 34.9 Å². The molecule has 0 spiro atoms. The zero-order valence-electron chi connectivity index (χ0n) is 12.0. The van der Waals surface area contributed by atoms with Gasteiger partial charge in [-0.1, -0.05) is 11.6 Å². The summed E-state index contributed by atoms with van der Waals surface area (Å²) in [5.74, 6) is -1.67. The summed E-state index contributed by atoms with van der Waals surface area (Å²) in [5, 5.41) is 2.30. The highest BCUT2D eigenvalue weighted by molar-refractivity contribution is 7.80. The number of amides is 2. The molecule has 3 rings (SSSR count). The van der Waals surface area contributed by atoms with Gasteiger partial charge in [0.05, 0.1) is 10.7 Å². The molecule has 0 aromatic heterocycles.